The first kappa shape index (κ1) is 25.2. The fourth-order valence-electron chi connectivity index (χ4n) is 3.41. The number of pyridine rings is 2. The van der Waals surface area contributed by atoms with Crippen molar-refractivity contribution in [3.8, 4) is 22.4 Å². The van der Waals surface area contributed by atoms with Crippen molar-refractivity contribution in [2.75, 3.05) is 17.7 Å². The molecule has 0 saturated heterocycles. The third-order valence-corrected chi connectivity index (χ3v) is 5.24. The molecule has 3 aromatic heterocycles. The predicted octanol–water partition coefficient (Wildman–Crippen LogP) is 5.36. The predicted molar refractivity (Wildman–Crippen MR) is 129 cm³/mol. The minimum atomic E-state index is -4.66. The topological polar surface area (TPSA) is 119 Å². The summed E-state index contributed by atoms with van der Waals surface area (Å²) >= 11 is 0. The standard InChI is InChI=1S/C25H19F3N6O3/c1-14-3-4-18(33-23(35)15-5-6-30-21(8-15)25(26,27)28)9-19(14)16-7-17(12-29-11-16)20-10-22(32-13-31-20)34-24(36)37-2/h3-13H,1-2H3,(H,33,35)(H,31,32,34,36). The first-order chi connectivity index (χ1) is 17.6. The maximum Gasteiger partial charge on any atom is 0.433 e. The lowest BCUT2D eigenvalue weighted by Gasteiger charge is -2.12. The highest BCUT2D eigenvalue weighted by Crippen LogP contribution is 2.30. The maximum absolute atomic E-state index is 13.0. The molecule has 0 spiro atoms. The lowest BCUT2D eigenvalue weighted by atomic mass is 9.99. The van der Waals surface area contributed by atoms with Crippen LogP contribution in [0, 0.1) is 6.92 Å². The second-order valence-electron chi connectivity index (χ2n) is 7.78. The molecule has 0 unspecified atom stereocenters. The molecule has 4 aromatic rings. The van der Waals surface area contributed by atoms with Crippen molar-refractivity contribution in [1.29, 1.82) is 0 Å². The van der Waals surface area contributed by atoms with E-state index in [1.807, 2.05) is 13.0 Å². The molecule has 9 nitrogen and oxygen atoms in total. The number of methoxy groups -OCH3 is 1. The third-order valence-electron chi connectivity index (χ3n) is 5.24. The molecule has 0 atom stereocenters. The van der Waals surface area contributed by atoms with Crippen LogP contribution in [-0.4, -0.2) is 39.0 Å². The van der Waals surface area contributed by atoms with Crippen LogP contribution >= 0.6 is 0 Å². The minimum absolute atomic E-state index is 0.173. The second kappa shape index (κ2) is 10.4. The van der Waals surface area contributed by atoms with Crippen molar-refractivity contribution < 1.29 is 27.5 Å². The van der Waals surface area contributed by atoms with Gasteiger partial charge in [-0.1, -0.05) is 6.07 Å². The van der Waals surface area contributed by atoms with Crippen LogP contribution in [-0.2, 0) is 10.9 Å². The molecule has 0 aliphatic rings. The van der Waals surface area contributed by atoms with Gasteiger partial charge in [0.25, 0.3) is 5.91 Å². The number of anilines is 2. The molecular formula is C25H19F3N6O3. The van der Waals surface area contributed by atoms with Crippen LogP contribution in [0.5, 0.6) is 0 Å². The van der Waals surface area contributed by atoms with Crippen LogP contribution in [0.1, 0.15) is 21.6 Å². The highest BCUT2D eigenvalue weighted by Gasteiger charge is 2.33. The molecule has 0 bridgehead atoms. The molecule has 37 heavy (non-hydrogen) atoms. The summed E-state index contributed by atoms with van der Waals surface area (Å²) in [6.45, 7) is 1.87. The molecule has 12 heteroatoms. The molecule has 2 N–H and O–H groups in total. The highest BCUT2D eigenvalue weighted by molar-refractivity contribution is 6.04. The van der Waals surface area contributed by atoms with E-state index < -0.39 is 23.9 Å². The van der Waals surface area contributed by atoms with Gasteiger partial charge in [0.2, 0.25) is 0 Å². The van der Waals surface area contributed by atoms with E-state index in [1.54, 1.807) is 36.7 Å². The summed E-state index contributed by atoms with van der Waals surface area (Å²) in [4.78, 5) is 39.9. The number of aryl methyl sites for hydroxylation is 1. The monoisotopic (exact) mass is 508 g/mol. The summed E-state index contributed by atoms with van der Waals surface area (Å²) in [5, 5.41) is 5.09. The lowest BCUT2D eigenvalue weighted by molar-refractivity contribution is -0.141. The summed E-state index contributed by atoms with van der Waals surface area (Å²) in [7, 11) is 1.24. The molecular weight excluding hydrogens is 489 g/mol. The smallest absolute Gasteiger partial charge is 0.433 e. The molecule has 188 valence electrons. The van der Waals surface area contributed by atoms with Gasteiger partial charge in [0.1, 0.15) is 17.8 Å². The van der Waals surface area contributed by atoms with Crippen molar-refractivity contribution in [2.24, 2.45) is 0 Å². The summed E-state index contributed by atoms with van der Waals surface area (Å²) < 4.78 is 43.5. The molecule has 3 heterocycles. The second-order valence-corrected chi connectivity index (χ2v) is 7.78. The first-order valence-electron chi connectivity index (χ1n) is 10.7. The van der Waals surface area contributed by atoms with Crippen molar-refractivity contribution >= 4 is 23.5 Å². The zero-order valence-corrected chi connectivity index (χ0v) is 19.5. The van der Waals surface area contributed by atoms with Crippen LogP contribution < -0.4 is 10.6 Å². The van der Waals surface area contributed by atoms with E-state index in [0.29, 0.717) is 28.6 Å². The Hall–Kier alpha value is -4.87. The van der Waals surface area contributed by atoms with E-state index in [9.17, 15) is 22.8 Å². The van der Waals surface area contributed by atoms with Crippen LogP contribution in [0.15, 0.2) is 67.4 Å². The molecule has 1 aromatic carbocycles. The van der Waals surface area contributed by atoms with E-state index in [2.05, 4.69) is 35.3 Å². The number of rotatable bonds is 5. The zero-order valence-electron chi connectivity index (χ0n) is 19.5. The van der Waals surface area contributed by atoms with Gasteiger partial charge < -0.3 is 10.1 Å². The number of aromatic nitrogens is 4. The van der Waals surface area contributed by atoms with E-state index in [4.69, 9.17) is 0 Å². The number of halogens is 3. The summed E-state index contributed by atoms with van der Waals surface area (Å²) in [6, 6.07) is 10.4. The normalized spacial score (nSPS) is 11.1. The molecule has 0 aliphatic carbocycles. The van der Waals surface area contributed by atoms with Gasteiger partial charge in [-0.3, -0.25) is 20.1 Å². The number of hydrogen-bond donors (Lipinski definition) is 2. The number of ether oxygens (including phenoxy) is 1. The Balaban J connectivity index is 1.60. The van der Waals surface area contributed by atoms with Gasteiger partial charge in [-0.05, 0) is 48.4 Å². The van der Waals surface area contributed by atoms with Crippen LogP contribution in [0.2, 0.25) is 0 Å². The molecule has 0 aliphatic heterocycles. The Morgan fingerprint density at radius 1 is 0.919 bits per heavy atom. The Morgan fingerprint density at radius 3 is 2.46 bits per heavy atom. The van der Waals surface area contributed by atoms with Gasteiger partial charge in [-0.25, -0.2) is 14.8 Å². The van der Waals surface area contributed by atoms with Crippen molar-refractivity contribution in [1.82, 2.24) is 19.9 Å². The number of hydrogen-bond acceptors (Lipinski definition) is 7. The number of carbonyl (C=O) groups is 2. The first-order valence-corrected chi connectivity index (χ1v) is 10.7. The van der Waals surface area contributed by atoms with E-state index in [0.717, 1.165) is 17.3 Å². The van der Waals surface area contributed by atoms with Gasteiger partial charge in [0.05, 0.1) is 12.8 Å². The molecule has 4 rings (SSSR count). The zero-order chi connectivity index (χ0) is 26.6. The van der Waals surface area contributed by atoms with Gasteiger partial charge in [-0.15, -0.1) is 0 Å². The molecule has 0 saturated carbocycles. The Labute approximate surface area is 208 Å². The van der Waals surface area contributed by atoms with Gasteiger partial charge >= 0.3 is 12.3 Å². The van der Waals surface area contributed by atoms with Gasteiger partial charge in [0, 0.05) is 47.0 Å². The average Bonchev–Trinajstić information content (AvgIpc) is 2.89. The summed E-state index contributed by atoms with van der Waals surface area (Å²) in [5.74, 6) is -0.464. The van der Waals surface area contributed by atoms with E-state index >= 15 is 0 Å². The Bertz CT molecular complexity index is 1480. The van der Waals surface area contributed by atoms with Gasteiger partial charge in [0.15, 0.2) is 0 Å². The maximum atomic E-state index is 13.0. The highest BCUT2D eigenvalue weighted by atomic mass is 19.4. The average molecular weight is 508 g/mol. The van der Waals surface area contributed by atoms with Crippen LogP contribution in [0.3, 0.4) is 0 Å². The van der Waals surface area contributed by atoms with Crippen molar-refractivity contribution in [2.45, 2.75) is 13.1 Å². The number of carbonyl (C=O) groups excluding carboxylic acids is 2. The quantitative estimate of drug-likeness (QED) is 0.373. The Kier molecular flexibility index (Phi) is 7.09. The van der Waals surface area contributed by atoms with Crippen LogP contribution in [0.4, 0.5) is 29.5 Å². The van der Waals surface area contributed by atoms with Gasteiger partial charge in [-0.2, -0.15) is 13.2 Å². The molecule has 2 amide bonds. The number of benzene rings is 1. The number of nitrogens with zero attached hydrogens (tertiary/aromatic N) is 4. The fourth-order valence-corrected chi connectivity index (χ4v) is 3.41. The van der Waals surface area contributed by atoms with Crippen molar-refractivity contribution in [3.63, 3.8) is 0 Å². The third kappa shape index (κ3) is 6.04. The summed E-state index contributed by atoms with van der Waals surface area (Å²) in [6.07, 6.45) is 0.117. The fraction of sp³-hybridized carbons (Fsp3) is 0.120. The Morgan fingerprint density at radius 2 is 1.70 bits per heavy atom. The van der Waals surface area contributed by atoms with Crippen molar-refractivity contribution in [3.05, 3.63) is 84.2 Å². The molecule has 0 fully saturated rings. The lowest BCUT2D eigenvalue weighted by Crippen LogP contribution is -2.15. The SMILES string of the molecule is COC(=O)Nc1cc(-c2cncc(-c3cc(NC(=O)c4ccnc(C(F)(F)F)c4)ccc3C)c2)ncn1. The van der Waals surface area contributed by atoms with E-state index in [-0.39, 0.29) is 11.4 Å². The largest absolute Gasteiger partial charge is 0.453 e. The number of alkyl halides is 3. The van der Waals surface area contributed by atoms with Crippen LogP contribution in [0.25, 0.3) is 22.4 Å². The van der Waals surface area contributed by atoms with E-state index in [1.165, 1.54) is 19.5 Å². The number of nitrogens with one attached hydrogen (secondary N) is 2. The molecule has 0 radical (unpaired) electrons. The minimum Gasteiger partial charge on any atom is -0.453 e. The number of amides is 2. The summed E-state index contributed by atoms with van der Waals surface area (Å²) in [5.41, 5.74) is 2.50.